The highest BCUT2D eigenvalue weighted by atomic mass is 16.3. The Hall–Kier alpha value is -7.10. The second-order valence-electron chi connectivity index (χ2n) is 16.3. The Bertz CT molecular complexity index is 3320. The van der Waals surface area contributed by atoms with E-state index in [0.717, 1.165) is 85.1 Å². The number of nitrogens with zero attached hydrogens (tertiary/aromatic N) is 1. The number of aryl methyl sites for hydroxylation is 1. The standard InChI is InChI=1S/C55H39NO2/c1-55(2)46-20-8-5-15-39(46)44-19-11-22-48(53(44)55)56(37-29-25-34(26-30-37)36-28-31-42-41-17-7-10-23-49(41)57-51(42)33-36)47-21-9-6-16-40(47)43-18-12-24-50-52(43)45-32-27-35-13-3-4-14-38(35)54(45)58-50/h3-9,11-22,24-33H,10,23H2,1-2H3. The SMILES string of the molecule is CC1(C)c2ccccc2-c2cccc(N(c3ccc(-c4ccc5c6c(oc5c4)CCC=C6)cc3)c3ccccc3-c3cccc4oc5c6ccccc6ccc5c34)c21. The highest BCUT2D eigenvalue weighted by Crippen LogP contribution is 2.55. The number of para-hydroxylation sites is 1. The van der Waals surface area contributed by atoms with Gasteiger partial charge in [-0.25, -0.2) is 0 Å². The van der Waals surface area contributed by atoms with Crippen LogP contribution in [-0.4, -0.2) is 0 Å². The van der Waals surface area contributed by atoms with Crippen LogP contribution in [0.15, 0.2) is 179 Å². The van der Waals surface area contributed by atoms with Crippen molar-refractivity contribution in [2.24, 2.45) is 0 Å². The van der Waals surface area contributed by atoms with Crippen molar-refractivity contribution in [2.45, 2.75) is 32.1 Å². The second kappa shape index (κ2) is 12.4. The molecule has 0 fully saturated rings. The molecule has 8 aromatic carbocycles. The Balaban J connectivity index is 1.07. The summed E-state index contributed by atoms with van der Waals surface area (Å²) in [6.45, 7) is 4.74. The van der Waals surface area contributed by atoms with E-state index in [1.807, 2.05) is 0 Å². The molecule has 0 unspecified atom stereocenters. The summed E-state index contributed by atoms with van der Waals surface area (Å²) in [5.74, 6) is 1.09. The van der Waals surface area contributed by atoms with Gasteiger partial charge in [0, 0.05) is 50.2 Å². The fourth-order valence-electron chi connectivity index (χ4n) is 10.0. The number of hydrogen-bond donors (Lipinski definition) is 0. The first-order valence-corrected chi connectivity index (χ1v) is 20.3. The second-order valence-corrected chi connectivity index (χ2v) is 16.3. The Morgan fingerprint density at radius 1 is 0.534 bits per heavy atom. The molecule has 58 heavy (non-hydrogen) atoms. The minimum absolute atomic E-state index is 0.218. The van der Waals surface area contributed by atoms with Crippen LogP contribution in [0.25, 0.3) is 83.1 Å². The van der Waals surface area contributed by atoms with E-state index in [1.54, 1.807) is 0 Å². The minimum atomic E-state index is -0.218. The first kappa shape index (κ1) is 33.1. The van der Waals surface area contributed by atoms with Crippen LogP contribution in [0.2, 0.25) is 0 Å². The Morgan fingerprint density at radius 2 is 1.26 bits per heavy atom. The molecule has 0 aliphatic heterocycles. The lowest BCUT2D eigenvalue weighted by Crippen LogP contribution is -2.21. The Kier molecular flexibility index (Phi) is 7.10. The van der Waals surface area contributed by atoms with E-state index in [0.29, 0.717) is 0 Å². The maximum Gasteiger partial charge on any atom is 0.143 e. The number of furan rings is 2. The van der Waals surface area contributed by atoms with Crippen molar-refractivity contribution >= 4 is 66.8 Å². The van der Waals surface area contributed by atoms with Crippen molar-refractivity contribution < 1.29 is 8.83 Å². The predicted octanol–water partition coefficient (Wildman–Crippen LogP) is 15.6. The smallest absolute Gasteiger partial charge is 0.143 e. The third kappa shape index (κ3) is 4.80. The van der Waals surface area contributed by atoms with E-state index in [-0.39, 0.29) is 5.41 Å². The predicted molar refractivity (Wildman–Crippen MR) is 241 cm³/mol. The molecular weight excluding hydrogens is 707 g/mol. The van der Waals surface area contributed by atoms with Crippen LogP contribution in [0.3, 0.4) is 0 Å². The molecule has 12 rings (SSSR count). The van der Waals surface area contributed by atoms with Gasteiger partial charge in [0.05, 0.1) is 11.4 Å². The summed E-state index contributed by atoms with van der Waals surface area (Å²) in [5.41, 5.74) is 17.0. The van der Waals surface area contributed by atoms with Gasteiger partial charge in [-0.3, -0.25) is 0 Å². The van der Waals surface area contributed by atoms with Crippen molar-refractivity contribution in [1.82, 2.24) is 0 Å². The van der Waals surface area contributed by atoms with Crippen molar-refractivity contribution in [3.8, 4) is 33.4 Å². The van der Waals surface area contributed by atoms with Gasteiger partial charge < -0.3 is 13.7 Å². The molecule has 0 bridgehead atoms. The van der Waals surface area contributed by atoms with Crippen molar-refractivity contribution in [1.29, 1.82) is 0 Å². The summed E-state index contributed by atoms with van der Waals surface area (Å²) >= 11 is 0. The van der Waals surface area contributed by atoms with Gasteiger partial charge in [0.15, 0.2) is 0 Å². The van der Waals surface area contributed by atoms with Gasteiger partial charge >= 0.3 is 0 Å². The normalized spacial score (nSPS) is 14.0. The number of fused-ring (bicyclic) bond motifs is 11. The van der Waals surface area contributed by atoms with Crippen LogP contribution in [0.4, 0.5) is 17.1 Å². The first-order valence-electron chi connectivity index (χ1n) is 20.3. The molecule has 0 radical (unpaired) electrons. The molecule has 2 aromatic heterocycles. The maximum atomic E-state index is 6.70. The van der Waals surface area contributed by atoms with Crippen molar-refractivity contribution in [2.75, 3.05) is 4.90 Å². The number of benzene rings is 8. The van der Waals surface area contributed by atoms with Crippen molar-refractivity contribution in [3.63, 3.8) is 0 Å². The van der Waals surface area contributed by atoms with Crippen LogP contribution < -0.4 is 4.90 Å². The molecular formula is C55H39NO2. The average molecular weight is 746 g/mol. The van der Waals surface area contributed by atoms with Crippen molar-refractivity contribution in [3.05, 3.63) is 192 Å². The molecule has 2 aliphatic rings. The molecule has 0 saturated carbocycles. The molecule has 2 heterocycles. The van der Waals surface area contributed by atoms with Crippen LogP contribution >= 0.6 is 0 Å². The lowest BCUT2D eigenvalue weighted by atomic mass is 9.81. The maximum absolute atomic E-state index is 6.70. The topological polar surface area (TPSA) is 29.5 Å². The summed E-state index contributed by atoms with van der Waals surface area (Å²) in [6.07, 6.45) is 6.44. The highest BCUT2D eigenvalue weighted by Gasteiger charge is 2.39. The van der Waals surface area contributed by atoms with E-state index < -0.39 is 0 Å². The van der Waals surface area contributed by atoms with Gasteiger partial charge in [0.1, 0.15) is 22.5 Å². The van der Waals surface area contributed by atoms with Gasteiger partial charge in [0.25, 0.3) is 0 Å². The minimum Gasteiger partial charge on any atom is -0.460 e. The van der Waals surface area contributed by atoms with Gasteiger partial charge in [-0.2, -0.15) is 0 Å². The van der Waals surface area contributed by atoms with Gasteiger partial charge in [-0.05, 0) is 99.3 Å². The molecule has 10 aromatic rings. The summed E-state index contributed by atoms with van der Waals surface area (Å²) in [4.78, 5) is 2.48. The molecule has 0 atom stereocenters. The average Bonchev–Trinajstić information content (AvgIpc) is 3.92. The summed E-state index contributed by atoms with van der Waals surface area (Å²) in [7, 11) is 0. The van der Waals surface area contributed by atoms with Crippen LogP contribution in [-0.2, 0) is 11.8 Å². The van der Waals surface area contributed by atoms with E-state index in [1.165, 1.54) is 44.3 Å². The molecule has 0 saturated heterocycles. The summed E-state index contributed by atoms with van der Waals surface area (Å²) < 4.78 is 13.1. The Morgan fingerprint density at radius 3 is 2.17 bits per heavy atom. The Labute approximate surface area is 337 Å². The fourth-order valence-corrected chi connectivity index (χ4v) is 10.0. The molecule has 3 nitrogen and oxygen atoms in total. The number of hydrogen-bond acceptors (Lipinski definition) is 3. The van der Waals surface area contributed by atoms with Gasteiger partial charge in [-0.1, -0.05) is 141 Å². The first-order chi connectivity index (χ1) is 28.5. The van der Waals surface area contributed by atoms with Crippen LogP contribution in [0.1, 0.15) is 42.7 Å². The lowest BCUT2D eigenvalue weighted by Gasteiger charge is -2.33. The van der Waals surface area contributed by atoms with E-state index in [2.05, 4.69) is 195 Å². The van der Waals surface area contributed by atoms with Gasteiger partial charge in [0.2, 0.25) is 0 Å². The zero-order chi connectivity index (χ0) is 38.5. The quantitative estimate of drug-likeness (QED) is 0.176. The highest BCUT2D eigenvalue weighted by molar-refractivity contribution is 6.19. The summed E-state index contributed by atoms with van der Waals surface area (Å²) in [6, 6.07) is 59.7. The zero-order valence-electron chi connectivity index (χ0n) is 32.4. The van der Waals surface area contributed by atoms with E-state index in [4.69, 9.17) is 8.83 Å². The van der Waals surface area contributed by atoms with Gasteiger partial charge in [-0.15, -0.1) is 0 Å². The third-order valence-corrected chi connectivity index (χ3v) is 12.7. The molecule has 276 valence electrons. The number of anilines is 3. The molecule has 0 spiro atoms. The molecule has 0 N–H and O–H groups in total. The van der Waals surface area contributed by atoms with Crippen LogP contribution in [0.5, 0.6) is 0 Å². The monoisotopic (exact) mass is 745 g/mol. The van der Waals surface area contributed by atoms with Crippen LogP contribution in [0, 0.1) is 0 Å². The third-order valence-electron chi connectivity index (χ3n) is 12.7. The molecule has 0 amide bonds. The van der Waals surface area contributed by atoms with E-state index >= 15 is 0 Å². The number of rotatable bonds is 5. The largest absolute Gasteiger partial charge is 0.460 e. The zero-order valence-corrected chi connectivity index (χ0v) is 32.4. The number of allylic oxidation sites excluding steroid dienone is 1. The fraction of sp³-hybridized carbons (Fsp3) is 0.0909. The summed E-state index contributed by atoms with van der Waals surface area (Å²) in [5, 5.41) is 5.73. The molecule has 2 aliphatic carbocycles. The van der Waals surface area contributed by atoms with E-state index in [9.17, 15) is 0 Å². The molecule has 3 heteroatoms. The lowest BCUT2D eigenvalue weighted by molar-refractivity contribution is 0.546.